The number of H-pyrrole nitrogens is 1. The molecule has 138 valence electrons. The van der Waals surface area contributed by atoms with Gasteiger partial charge in [-0.05, 0) is 18.2 Å². The Morgan fingerprint density at radius 3 is 2.63 bits per heavy atom. The number of ether oxygens (including phenoxy) is 1. The van der Waals surface area contributed by atoms with Crippen molar-refractivity contribution in [2.75, 3.05) is 6.61 Å². The van der Waals surface area contributed by atoms with Crippen LogP contribution in [0.2, 0.25) is 0 Å². The van der Waals surface area contributed by atoms with E-state index in [0.717, 1.165) is 0 Å². The van der Waals surface area contributed by atoms with Gasteiger partial charge in [-0.25, -0.2) is 14.7 Å². The molecule has 3 rings (SSSR count). The van der Waals surface area contributed by atoms with E-state index in [-0.39, 0.29) is 17.6 Å². The fraction of sp³-hybridized carbons (Fsp3) is 0.118. The quantitative estimate of drug-likeness (QED) is 0.561. The lowest BCUT2D eigenvalue weighted by atomic mass is 10.1. The summed E-state index contributed by atoms with van der Waals surface area (Å²) in [6.07, 6.45) is 1.45. The van der Waals surface area contributed by atoms with Gasteiger partial charge in [0.25, 0.3) is 11.5 Å². The topological polar surface area (TPSA) is 143 Å². The number of hydrogen-bond acceptors (Lipinski definition) is 7. The van der Waals surface area contributed by atoms with Gasteiger partial charge >= 0.3 is 12.0 Å². The Bertz CT molecular complexity index is 1040. The molecule has 0 unspecified atom stereocenters. The minimum absolute atomic E-state index is 0.0964. The second-order valence-electron chi connectivity index (χ2n) is 5.33. The van der Waals surface area contributed by atoms with Crippen LogP contribution in [-0.4, -0.2) is 34.7 Å². The van der Waals surface area contributed by atoms with E-state index >= 15 is 0 Å². The van der Waals surface area contributed by atoms with Gasteiger partial charge in [-0.2, -0.15) is 5.10 Å². The number of amides is 3. The normalized spacial score (nSPS) is 10.4. The van der Waals surface area contributed by atoms with Crippen molar-refractivity contribution in [1.29, 1.82) is 0 Å². The summed E-state index contributed by atoms with van der Waals surface area (Å²) in [6, 6.07) is 8.90. The number of rotatable bonds is 5. The van der Waals surface area contributed by atoms with Crippen LogP contribution in [0.15, 0.2) is 51.9 Å². The molecule has 3 aromatic rings. The number of esters is 1. The van der Waals surface area contributed by atoms with Gasteiger partial charge in [0.1, 0.15) is 5.76 Å². The molecule has 3 amide bonds. The Kier molecular flexibility index (Phi) is 5.26. The Morgan fingerprint density at radius 2 is 1.89 bits per heavy atom. The first kappa shape index (κ1) is 17.9. The number of urea groups is 1. The summed E-state index contributed by atoms with van der Waals surface area (Å²) in [6.45, 7) is -0.596. The van der Waals surface area contributed by atoms with Crippen LogP contribution < -0.4 is 16.2 Å². The zero-order valence-corrected chi connectivity index (χ0v) is 13.9. The molecule has 27 heavy (non-hydrogen) atoms. The maximum atomic E-state index is 12.1. The van der Waals surface area contributed by atoms with Crippen molar-refractivity contribution >= 4 is 28.7 Å². The molecule has 0 radical (unpaired) electrons. The van der Waals surface area contributed by atoms with E-state index < -0.39 is 30.1 Å². The molecular formula is C17H14N4O6. The van der Waals surface area contributed by atoms with E-state index in [4.69, 9.17) is 9.15 Å². The van der Waals surface area contributed by atoms with Crippen molar-refractivity contribution in [3.8, 4) is 0 Å². The smallest absolute Gasteiger partial charge is 0.359 e. The van der Waals surface area contributed by atoms with Gasteiger partial charge in [-0.3, -0.25) is 14.9 Å². The van der Waals surface area contributed by atoms with Crippen LogP contribution >= 0.6 is 0 Å². The van der Waals surface area contributed by atoms with E-state index in [2.05, 4.69) is 15.5 Å². The number of hydrogen-bond donors (Lipinski definition) is 3. The average Bonchev–Trinajstić information content (AvgIpc) is 3.19. The van der Waals surface area contributed by atoms with Crippen molar-refractivity contribution in [1.82, 2.24) is 20.8 Å². The second kappa shape index (κ2) is 7.95. The molecule has 0 aliphatic carbocycles. The molecule has 0 aliphatic heterocycles. The highest BCUT2D eigenvalue weighted by atomic mass is 16.5. The van der Waals surface area contributed by atoms with Crippen molar-refractivity contribution in [3.63, 3.8) is 0 Å². The standard InChI is InChI=1S/C17H14N4O6/c22-13(19-17(25)18-8-10-4-3-7-26-10)9-27-16(24)14-11-5-1-2-6-12(11)15(23)21-20-14/h1-7H,8-9H2,(H,21,23)(H2,18,19,22,25). The number of furan rings is 1. The minimum Gasteiger partial charge on any atom is -0.467 e. The maximum Gasteiger partial charge on any atom is 0.359 e. The van der Waals surface area contributed by atoms with Crippen molar-refractivity contribution < 1.29 is 23.5 Å². The monoisotopic (exact) mass is 370 g/mol. The lowest BCUT2D eigenvalue weighted by molar-refractivity contribution is -0.123. The number of imide groups is 1. The molecule has 3 N–H and O–H groups in total. The third-order valence-corrected chi connectivity index (χ3v) is 3.48. The molecule has 0 atom stereocenters. The third-order valence-electron chi connectivity index (χ3n) is 3.48. The second-order valence-corrected chi connectivity index (χ2v) is 5.33. The Labute approximate surface area is 151 Å². The van der Waals surface area contributed by atoms with Crippen LogP contribution in [0.3, 0.4) is 0 Å². The van der Waals surface area contributed by atoms with Gasteiger partial charge in [0.2, 0.25) is 0 Å². The van der Waals surface area contributed by atoms with E-state index in [0.29, 0.717) is 11.1 Å². The number of aromatic nitrogens is 2. The first-order valence-electron chi connectivity index (χ1n) is 7.79. The van der Waals surface area contributed by atoms with Gasteiger partial charge < -0.3 is 14.5 Å². The van der Waals surface area contributed by atoms with Gasteiger partial charge in [0.15, 0.2) is 12.3 Å². The van der Waals surface area contributed by atoms with Crippen molar-refractivity contribution in [2.24, 2.45) is 0 Å². The SMILES string of the molecule is O=C(COC(=O)c1n[nH]c(=O)c2ccccc12)NC(=O)NCc1ccco1. The van der Waals surface area contributed by atoms with Crippen molar-refractivity contribution in [2.45, 2.75) is 6.54 Å². The molecule has 1 aromatic carbocycles. The third kappa shape index (κ3) is 4.37. The van der Waals surface area contributed by atoms with Crippen LogP contribution in [0, 0.1) is 0 Å². The van der Waals surface area contributed by atoms with Crippen LogP contribution in [0.4, 0.5) is 4.79 Å². The summed E-state index contributed by atoms with van der Waals surface area (Å²) in [5, 5.41) is 10.8. The van der Waals surface area contributed by atoms with E-state index in [1.807, 2.05) is 5.32 Å². The highest BCUT2D eigenvalue weighted by Gasteiger charge is 2.17. The fourth-order valence-electron chi connectivity index (χ4n) is 2.26. The molecule has 0 spiro atoms. The Hall–Kier alpha value is -3.95. The van der Waals surface area contributed by atoms with Crippen molar-refractivity contribution in [3.05, 3.63) is 64.5 Å². The number of benzene rings is 1. The molecule has 0 bridgehead atoms. The predicted octanol–water partition coefficient (Wildman–Crippen LogP) is 0.699. The predicted molar refractivity (Wildman–Crippen MR) is 91.7 cm³/mol. The number of nitrogens with zero attached hydrogens (tertiary/aromatic N) is 1. The summed E-state index contributed by atoms with van der Waals surface area (Å²) >= 11 is 0. The highest BCUT2D eigenvalue weighted by Crippen LogP contribution is 2.13. The van der Waals surface area contributed by atoms with Crippen LogP contribution in [0.25, 0.3) is 10.8 Å². The first-order chi connectivity index (χ1) is 13.0. The molecule has 2 aromatic heterocycles. The van der Waals surface area contributed by atoms with Gasteiger partial charge in [0.05, 0.1) is 18.2 Å². The van der Waals surface area contributed by atoms with Gasteiger partial charge in [0, 0.05) is 5.39 Å². The first-order valence-corrected chi connectivity index (χ1v) is 7.79. The number of aromatic amines is 1. The molecular weight excluding hydrogens is 356 g/mol. The van der Waals surface area contributed by atoms with Gasteiger partial charge in [-0.15, -0.1) is 0 Å². The highest BCUT2D eigenvalue weighted by molar-refractivity contribution is 6.03. The van der Waals surface area contributed by atoms with E-state index in [1.54, 1.807) is 24.3 Å². The fourth-order valence-corrected chi connectivity index (χ4v) is 2.26. The molecule has 10 nitrogen and oxygen atoms in total. The molecule has 0 saturated heterocycles. The average molecular weight is 370 g/mol. The summed E-state index contributed by atoms with van der Waals surface area (Å²) in [4.78, 5) is 47.2. The van der Waals surface area contributed by atoms with E-state index in [1.165, 1.54) is 18.4 Å². The zero-order valence-electron chi connectivity index (χ0n) is 13.9. The largest absolute Gasteiger partial charge is 0.467 e. The summed E-state index contributed by atoms with van der Waals surface area (Å²) < 4.78 is 9.89. The molecule has 0 saturated carbocycles. The lowest BCUT2D eigenvalue weighted by Crippen LogP contribution is -2.41. The van der Waals surface area contributed by atoms with Crippen LogP contribution in [0.1, 0.15) is 16.2 Å². The maximum absolute atomic E-state index is 12.1. The molecule has 10 heteroatoms. The summed E-state index contributed by atoms with van der Waals surface area (Å²) in [7, 11) is 0. The number of fused-ring (bicyclic) bond motifs is 1. The minimum atomic E-state index is -0.909. The number of nitrogens with one attached hydrogen (secondary N) is 3. The van der Waals surface area contributed by atoms with E-state index in [9.17, 15) is 19.2 Å². The van der Waals surface area contributed by atoms with Gasteiger partial charge in [-0.1, -0.05) is 18.2 Å². The summed E-state index contributed by atoms with van der Waals surface area (Å²) in [5.41, 5.74) is -0.589. The number of carbonyl (C=O) groups excluding carboxylic acids is 3. The lowest BCUT2D eigenvalue weighted by Gasteiger charge is -2.07. The zero-order chi connectivity index (χ0) is 19.2. The Morgan fingerprint density at radius 1 is 1.11 bits per heavy atom. The number of carbonyl (C=O) groups is 3. The molecule has 0 fully saturated rings. The van der Waals surface area contributed by atoms with Crippen LogP contribution in [-0.2, 0) is 16.1 Å². The van der Waals surface area contributed by atoms with Crippen LogP contribution in [0.5, 0.6) is 0 Å². The summed E-state index contributed by atoms with van der Waals surface area (Å²) in [5.74, 6) is -1.22. The Balaban J connectivity index is 1.54. The molecule has 0 aliphatic rings. The molecule has 2 heterocycles.